The standard InChI is InChI=1S/C15H13F4NO2/c1-21-11-3-4-13(16)12(7-11)9-2-5-14(10(6-9)8-20)22-15(17,18)19/h2-7H,8,20H2,1H3. The van der Waals surface area contributed by atoms with Crippen molar-refractivity contribution < 1.29 is 27.0 Å². The van der Waals surface area contributed by atoms with Gasteiger partial charge in [0.15, 0.2) is 0 Å². The van der Waals surface area contributed by atoms with Crippen LogP contribution in [0, 0.1) is 5.82 Å². The van der Waals surface area contributed by atoms with Gasteiger partial charge in [-0.1, -0.05) is 6.07 Å². The average Bonchev–Trinajstić information content (AvgIpc) is 2.47. The van der Waals surface area contributed by atoms with E-state index in [2.05, 4.69) is 4.74 Å². The minimum absolute atomic E-state index is 0.122. The van der Waals surface area contributed by atoms with Gasteiger partial charge in [0, 0.05) is 17.7 Å². The molecule has 0 heterocycles. The molecule has 2 rings (SSSR count). The van der Waals surface area contributed by atoms with Crippen molar-refractivity contribution in [3.63, 3.8) is 0 Å². The highest BCUT2D eigenvalue weighted by Crippen LogP contribution is 2.32. The summed E-state index contributed by atoms with van der Waals surface area (Å²) in [7, 11) is 1.43. The first kappa shape index (κ1) is 16.1. The van der Waals surface area contributed by atoms with Crippen LogP contribution in [0.4, 0.5) is 17.6 Å². The fourth-order valence-corrected chi connectivity index (χ4v) is 1.98. The highest BCUT2D eigenvalue weighted by atomic mass is 19.4. The van der Waals surface area contributed by atoms with E-state index in [1.54, 1.807) is 0 Å². The maximum absolute atomic E-state index is 13.9. The molecule has 3 nitrogen and oxygen atoms in total. The molecular formula is C15H13F4NO2. The van der Waals surface area contributed by atoms with Crippen LogP contribution >= 0.6 is 0 Å². The molecule has 0 fully saturated rings. The summed E-state index contributed by atoms with van der Waals surface area (Å²) in [6, 6.07) is 7.93. The van der Waals surface area contributed by atoms with Crippen molar-refractivity contribution in [1.29, 1.82) is 0 Å². The van der Waals surface area contributed by atoms with Crippen LogP contribution in [0.15, 0.2) is 36.4 Å². The van der Waals surface area contributed by atoms with Crippen LogP contribution in [-0.4, -0.2) is 13.5 Å². The van der Waals surface area contributed by atoms with Gasteiger partial charge in [-0.25, -0.2) is 4.39 Å². The zero-order valence-corrected chi connectivity index (χ0v) is 11.6. The summed E-state index contributed by atoms with van der Waals surface area (Å²) in [5.74, 6) is -0.489. The number of alkyl halides is 3. The van der Waals surface area contributed by atoms with E-state index in [-0.39, 0.29) is 17.7 Å². The van der Waals surface area contributed by atoms with Gasteiger partial charge in [-0.2, -0.15) is 0 Å². The van der Waals surface area contributed by atoms with Crippen molar-refractivity contribution >= 4 is 0 Å². The number of methoxy groups -OCH3 is 1. The zero-order chi connectivity index (χ0) is 16.3. The molecule has 0 unspecified atom stereocenters. The lowest BCUT2D eigenvalue weighted by Crippen LogP contribution is -2.18. The summed E-state index contributed by atoms with van der Waals surface area (Å²) < 4.78 is 59.7. The third kappa shape index (κ3) is 3.67. The van der Waals surface area contributed by atoms with E-state index in [0.29, 0.717) is 11.3 Å². The summed E-state index contributed by atoms with van der Waals surface area (Å²) in [6.07, 6.45) is -4.81. The normalized spacial score (nSPS) is 11.4. The lowest BCUT2D eigenvalue weighted by atomic mass is 10.0. The molecule has 0 atom stereocenters. The first-order valence-corrected chi connectivity index (χ1v) is 6.26. The van der Waals surface area contributed by atoms with E-state index in [4.69, 9.17) is 10.5 Å². The SMILES string of the molecule is COc1ccc(F)c(-c2ccc(OC(F)(F)F)c(CN)c2)c1. The molecule has 0 saturated carbocycles. The molecule has 0 bridgehead atoms. The van der Waals surface area contributed by atoms with Crippen molar-refractivity contribution in [2.24, 2.45) is 5.73 Å². The topological polar surface area (TPSA) is 44.5 Å². The summed E-state index contributed by atoms with van der Waals surface area (Å²) in [5.41, 5.74) is 6.15. The Labute approximate surface area is 124 Å². The van der Waals surface area contributed by atoms with Gasteiger partial charge < -0.3 is 15.2 Å². The highest BCUT2D eigenvalue weighted by molar-refractivity contribution is 5.68. The van der Waals surface area contributed by atoms with Gasteiger partial charge in [-0.3, -0.25) is 0 Å². The number of rotatable bonds is 4. The Balaban J connectivity index is 2.45. The number of nitrogens with two attached hydrogens (primary N) is 1. The molecule has 2 aromatic rings. The Morgan fingerprint density at radius 2 is 1.82 bits per heavy atom. The molecule has 118 valence electrons. The first-order chi connectivity index (χ1) is 10.3. The second kappa shape index (κ2) is 6.23. The number of halogens is 4. The molecule has 0 aromatic heterocycles. The second-order valence-electron chi connectivity index (χ2n) is 4.42. The van der Waals surface area contributed by atoms with Gasteiger partial charge in [0.2, 0.25) is 0 Å². The summed E-state index contributed by atoms with van der Waals surface area (Å²) >= 11 is 0. The van der Waals surface area contributed by atoms with Crippen molar-refractivity contribution in [3.05, 3.63) is 47.8 Å². The molecule has 0 aliphatic heterocycles. The van der Waals surface area contributed by atoms with Gasteiger partial charge in [-0.05, 0) is 35.9 Å². The van der Waals surface area contributed by atoms with E-state index in [1.807, 2.05) is 0 Å². The minimum atomic E-state index is -4.81. The molecular weight excluding hydrogens is 302 g/mol. The van der Waals surface area contributed by atoms with E-state index >= 15 is 0 Å². The Bertz CT molecular complexity index is 671. The third-order valence-corrected chi connectivity index (χ3v) is 2.99. The molecule has 0 aliphatic rings. The lowest BCUT2D eigenvalue weighted by Gasteiger charge is -2.14. The van der Waals surface area contributed by atoms with Gasteiger partial charge in [0.25, 0.3) is 0 Å². The van der Waals surface area contributed by atoms with Gasteiger partial charge in [0.05, 0.1) is 7.11 Å². The van der Waals surface area contributed by atoms with Gasteiger partial charge in [-0.15, -0.1) is 13.2 Å². The van der Waals surface area contributed by atoms with Crippen LogP contribution in [0.5, 0.6) is 11.5 Å². The molecule has 2 N–H and O–H groups in total. The van der Waals surface area contributed by atoms with Gasteiger partial charge >= 0.3 is 6.36 Å². The predicted octanol–water partition coefficient (Wildman–Crippen LogP) is 3.86. The van der Waals surface area contributed by atoms with E-state index < -0.39 is 17.9 Å². The van der Waals surface area contributed by atoms with Crippen molar-refractivity contribution in [1.82, 2.24) is 0 Å². The van der Waals surface area contributed by atoms with Crippen LogP contribution in [0.25, 0.3) is 11.1 Å². The molecule has 7 heteroatoms. The molecule has 0 radical (unpaired) electrons. The van der Waals surface area contributed by atoms with Crippen LogP contribution in [-0.2, 0) is 6.54 Å². The highest BCUT2D eigenvalue weighted by Gasteiger charge is 2.32. The molecule has 22 heavy (non-hydrogen) atoms. The van der Waals surface area contributed by atoms with Gasteiger partial charge in [0.1, 0.15) is 17.3 Å². The lowest BCUT2D eigenvalue weighted by molar-refractivity contribution is -0.274. The van der Waals surface area contributed by atoms with Crippen LogP contribution in [0.1, 0.15) is 5.56 Å². The smallest absolute Gasteiger partial charge is 0.497 e. The Kier molecular flexibility index (Phi) is 4.56. The van der Waals surface area contributed by atoms with Crippen molar-refractivity contribution in [2.75, 3.05) is 7.11 Å². The number of hydrogen-bond acceptors (Lipinski definition) is 3. The average molecular weight is 315 g/mol. The maximum Gasteiger partial charge on any atom is 0.573 e. The van der Waals surface area contributed by atoms with Crippen molar-refractivity contribution in [3.8, 4) is 22.6 Å². The monoisotopic (exact) mass is 315 g/mol. The van der Waals surface area contributed by atoms with Crippen LogP contribution < -0.4 is 15.2 Å². The quantitative estimate of drug-likeness (QED) is 0.871. The third-order valence-electron chi connectivity index (χ3n) is 2.99. The Morgan fingerprint density at radius 1 is 1.09 bits per heavy atom. The zero-order valence-electron chi connectivity index (χ0n) is 11.6. The molecule has 2 aromatic carbocycles. The summed E-state index contributed by atoms with van der Waals surface area (Å²) in [6.45, 7) is -0.176. The Morgan fingerprint density at radius 3 is 2.41 bits per heavy atom. The largest absolute Gasteiger partial charge is 0.573 e. The number of ether oxygens (including phenoxy) is 2. The molecule has 0 saturated heterocycles. The summed E-state index contributed by atoms with van der Waals surface area (Å²) in [5, 5.41) is 0. The number of benzene rings is 2. The van der Waals surface area contributed by atoms with Crippen LogP contribution in [0.2, 0.25) is 0 Å². The van der Waals surface area contributed by atoms with Crippen LogP contribution in [0.3, 0.4) is 0 Å². The minimum Gasteiger partial charge on any atom is -0.497 e. The fraction of sp³-hybridized carbons (Fsp3) is 0.200. The first-order valence-electron chi connectivity index (χ1n) is 6.26. The Hall–Kier alpha value is -2.28. The molecule has 0 aliphatic carbocycles. The van der Waals surface area contributed by atoms with E-state index in [0.717, 1.165) is 6.07 Å². The molecule has 0 spiro atoms. The second-order valence-corrected chi connectivity index (χ2v) is 4.42. The maximum atomic E-state index is 13.9. The number of hydrogen-bond donors (Lipinski definition) is 1. The van der Waals surface area contributed by atoms with E-state index in [9.17, 15) is 17.6 Å². The fourth-order valence-electron chi connectivity index (χ4n) is 1.98. The molecule has 0 amide bonds. The summed E-state index contributed by atoms with van der Waals surface area (Å²) in [4.78, 5) is 0. The van der Waals surface area contributed by atoms with E-state index in [1.165, 1.54) is 37.4 Å². The predicted molar refractivity (Wildman–Crippen MR) is 73.0 cm³/mol. The van der Waals surface area contributed by atoms with Crippen molar-refractivity contribution in [2.45, 2.75) is 12.9 Å².